The summed E-state index contributed by atoms with van der Waals surface area (Å²) in [5.74, 6) is -1.98. The Bertz CT molecular complexity index is 908. The molecule has 4 heterocycles. The van der Waals surface area contributed by atoms with Crippen LogP contribution in [-0.4, -0.2) is 41.3 Å². The maximum atomic E-state index is 13.3. The molecule has 27 heavy (non-hydrogen) atoms. The van der Waals surface area contributed by atoms with Crippen molar-refractivity contribution in [2.24, 2.45) is 11.8 Å². The maximum absolute atomic E-state index is 13.3. The van der Waals surface area contributed by atoms with Crippen molar-refractivity contribution in [3.8, 4) is 11.5 Å². The standard InChI is InChI=1S/C20H19NO6/c1-10(2)17-20-6-5-13(27-20)15(19(23)24)16(20)18(22)21(17)8-11-3-4-12-14(7-11)26-9-25-12/h3-7,13,15-17H,1,8-9H2,2H3,(H,23,24)/p-1/t13-,15+,16-,17-,20-/m1/s1. The summed E-state index contributed by atoms with van der Waals surface area (Å²) in [6.07, 6.45) is 2.93. The zero-order valence-electron chi connectivity index (χ0n) is 14.7. The number of aliphatic carboxylic acids is 1. The molecule has 7 nitrogen and oxygen atoms in total. The van der Waals surface area contributed by atoms with Gasteiger partial charge in [-0.05, 0) is 24.6 Å². The number of hydrogen-bond acceptors (Lipinski definition) is 6. The predicted molar refractivity (Wildman–Crippen MR) is 90.4 cm³/mol. The Balaban J connectivity index is 1.53. The van der Waals surface area contributed by atoms with Crippen LogP contribution in [-0.2, 0) is 20.9 Å². The molecular weight excluding hydrogens is 350 g/mol. The number of fused-ring (bicyclic) bond motifs is 2. The Labute approximate surface area is 155 Å². The Hall–Kier alpha value is -2.80. The van der Waals surface area contributed by atoms with Gasteiger partial charge in [-0.1, -0.05) is 30.4 Å². The summed E-state index contributed by atoms with van der Waals surface area (Å²) in [7, 11) is 0. The zero-order valence-corrected chi connectivity index (χ0v) is 14.7. The van der Waals surface area contributed by atoms with Gasteiger partial charge in [-0.25, -0.2) is 0 Å². The average Bonchev–Trinajstić information content (AvgIpc) is 3.35. The van der Waals surface area contributed by atoms with Gasteiger partial charge in [0.25, 0.3) is 0 Å². The minimum Gasteiger partial charge on any atom is -0.550 e. The van der Waals surface area contributed by atoms with Crippen molar-refractivity contribution in [2.75, 3.05) is 6.79 Å². The molecule has 1 spiro atoms. The molecule has 0 saturated carbocycles. The lowest BCUT2D eigenvalue weighted by molar-refractivity contribution is -0.313. The van der Waals surface area contributed by atoms with Gasteiger partial charge < -0.3 is 29.0 Å². The van der Waals surface area contributed by atoms with E-state index in [-0.39, 0.29) is 12.7 Å². The number of ether oxygens (including phenoxy) is 3. The first-order valence-corrected chi connectivity index (χ1v) is 8.85. The Morgan fingerprint density at radius 3 is 2.89 bits per heavy atom. The molecule has 4 aliphatic rings. The van der Waals surface area contributed by atoms with Gasteiger partial charge in [0.1, 0.15) is 5.60 Å². The van der Waals surface area contributed by atoms with Gasteiger partial charge in [-0.15, -0.1) is 0 Å². The Morgan fingerprint density at radius 1 is 1.37 bits per heavy atom. The van der Waals surface area contributed by atoms with Crippen LogP contribution in [0.1, 0.15) is 12.5 Å². The van der Waals surface area contributed by atoms with E-state index in [0.29, 0.717) is 18.0 Å². The smallest absolute Gasteiger partial charge is 0.231 e. The summed E-state index contributed by atoms with van der Waals surface area (Å²) in [6, 6.07) is 5.07. The summed E-state index contributed by atoms with van der Waals surface area (Å²) >= 11 is 0. The second-order valence-corrected chi connectivity index (χ2v) is 7.52. The van der Waals surface area contributed by atoms with Crippen LogP contribution >= 0.6 is 0 Å². The van der Waals surface area contributed by atoms with Gasteiger partial charge in [-0.3, -0.25) is 4.79 Å². The molecule has 7 heteroatoms. The minimum absolute atomic E-state index is 0.175. The SMILES string of the molecule is C=C(C)[C@H]1N(Cc2ccc3c(c2)OCO3)C(=O)[C@H]2[C@@H](C(=O)[O-])[C@H]3C=C[C@@]21O3. The van der Waals surface area contributed by atoms with Gasteiger partial charge >= 0.3 is 0 Å². The molecule has 5 atom stereocenters. The van der Waals surface area contributed by atoms with Crippen LogP contribution in [0.5, 0.6) is 11.5 Å². The molecule has 0 radical (unpaired) electrons. The summed E-state index contributed by atoms with van der Waals surface area (Å²) in [4.78, 5) is 26.6. The molecule has 4 aliphatic heterocycles. The molecule has 0 N–H and O–H groups in total. The third kappa shape index (κ3) is 2.06. The summed E-state index contributed by atoms with van der Waals surface area (Å²) in [6.45, 7) is 6.35. The van der Waals surface area contributed by atoms with Crippen molar-refractivity contribution in [2.45, 2.75) is 31.2 Å². The normalized spacial score (nSPS) is 35.0. The number of amides is 1. The van der Waals surface area contributed by atoms with Crippen molar-refractivity contribution in [3.05, 3.63) is 48.1 Å². The number of rotatable bonds is 4. The molecule has 1 aromatic carbocycles. The second-order valence-electron chi connectivity index (χ2n) is 7.52. The van der Waals surface area contributed by atoms with Crippen molar-refractivity contribution in [3.63, 3.8) is 0 Å². The van der Waals surface area contributed by atoms with Gasteiger partial charge in [0.05, 0.1) is 18.1 Å². The molecule has 1 aromatic rings. The van der Waals surface area contributed by atoms with E-state index >= 15 is 0 Å². The Kier molecular flexibility index (Phi) is 3.25. The molecule has 140 valence electrons. The lowest BCUT2D eigenvalue weighted by atomic mass is 9.74. The molecule has 0 aliphatic carbocycles. The molecule has 5 rings (SSSR count). The first kappa shape index (κ1) is 16.4. The van der Waals surface area contributed by atoms with Crippen molar-refractivity contribution >= 4 is 11.9 Å². The average molecular weight is 368 g/mol. The summed E-state index contributed by atoms with van der Waals surface area (Å²) in [5, 5.41) is 11.7. The fourth-order valence-electron chi connectivity index (χ4n) is 4.95. The largest absolute Gasteiger partial charge is 0.550 e. The third-order valence-corrected chi connectivity index (χ3v) is 5.90. The van der Waals surface area contributed by atoms with E-state index in [2.05, 4.69) is 6.58 Å². The number of carboxylic acid groups (broad SMARTS) is 1. The number of carbonyl (C=O) groups is 2. The number of likely N-dealkylation sites (tertiary alicyclic amines) is 1. The van der Waals surface area contributed by atoms with Gasteiger partial charge in [0.2, 0.25) is 12.7 Å². The van der Waals surface area contributed by atoms with E-state index in [1.54, 1.807) is 17.0 Å². The highest BCUT2D eigenvalue weighted by atomic mass is 16.7. The predicted octanol–water partition coefficient (Wildman–Crippen LogP) is 0.392. The molecule has 0 unspecified atom stereocenters. The van der Waals surface area contributed by atoms with E-state index < -0.39 is 35.6 Å². The summed E-state index contributed by atoms with van der Waals surface area (Å²) < 4.78 is 16.8. The molecular formula is C20H18NO6-. The minimum atomic E-state index is -1.25. The molecule has 2 fully saturated rings. The fourth-order valence-corrected chi connectivity index (χ4v) is 4.95. The maximum Gasteiger partial charge on any atom is 0.231 e. The van der Waals surface area contributed by atoms with E-state index in [0.717, 1.165) is 11.1 Å². The van der Waals surface area contributed by atoms with E-state index in [4.69, 9.17) is 14.2 Å². The van der Waals surface area contributed by atoms with Crippen molar-refractivity contribution < 1.29 is 28.9 Å². The van der Waals surface area contributed by atoms with E-state index in [9.17, 15) is 14.7 Å². The van der Waals surface area contributed by atoms with Crippen LogP contribution < -0.4 is 14.6 Å². The molecule has 2 saturated heterocycles. The van der Waals surface area contributed by atoms with E-state index in [1.165, 1.54) is 0 Å². The van der Waals surface area contributed by atoms with Gasteiger partial charge in [-0.2, -0.15) is 0 Å². The number of carboxylic acids is 1. The lowest BCUT2D eigenvalue weighted by Crippen LogP contribution is -2.46. The monoisotopic (exact) mass is 368 g/mol. The van der Waals surface area contributed by atoms with Crippen LogP contribution in [0.15, 0.2) is 42.5 Å². The molecule has 2 bridgehead atoms. The Morgan fingerprint density at radius 2 is 2.15 bits per heavy atom. The highest BCUT2D eigenvalue weighted by Crippen LogP contribution is 2.56. The molecule has 1 amide bonds. The van der Waals surface area contributed by atoms with Crippen molar-refractivity contribution in [1.82, 2.24) is 4.90 Å². The highest BCUT2D eigenvalue weighted by molar-refractivity contribution is 5.91. The quantitative estimate of drug-likeness (QED) is 0.715. The number of carbonyl (C=O) groups excluding carboxylic acids is 2. The summed E-state index contributed by atoms with van der Waals surface area (Å²) in [5.41, 5.74) is 0.615. The van der Waals surface area contributed by atoms with Crippen LogP contribution in [0.2, 0.25) is 0 Å². The highest BCUT2D eigenvalue weighted by Gasteiger charge is 2.69. The van der Waals surface area contributed by atoms with Gasteiger partial charge in [0, 0.05) is 18.4 Å². The van der Waals surface area contributed by atoms with Crippen LogP contribution in [0.25, 0.3) is 0 Å². The lowest BCUT2D eigenvalue weighted by Gasteiger charge is -2.33. The van der Waals surface area contributed by atoms with Crippen LogP contribution in [0.3, 0.4) is 0 Å². The third-order valence-electron chi connectivity index (χ3n) is 5.90. The number of benzene rings is 1. The fraction of sp³-hybridized carbons (Fsp3) is 0.400. The topological polar surface area (TPSA) is 88.1 Å². The van der Waals surface area contributed by atoms with E-state index in [1.807, 2.05) is 25.1 Å². The molecule has 0 aromatic heterocycles. The van der Waals surface area contributed by atoms with Crippen molar-refractivity contribution in [1.29, 1.82) is 0 Å². The van der Waals surface area contributed by atoms with Crippen LogP contribution in [0.4, 0.5) is 0 Å². The second kappa shape index (κ2) is 5.36. The number of hydrogen-bond donors (Lipinski definition) is 0. The first-order chi connectivity index (χ1) is 12.9. The first-order valence-electron chi connectivity index (χ1n) is 8.85. The van der Waals surface area contributed by atoms with Crippen LogP contribution in [0, 0.1) is 11.8 Å². The number of nitrogens with zero attached hydrogens (tertiary/aromatic N) is 1. The van der Waals surface area contributed by atoms with Gasteiger partial charge in [0.15, 0.2) is 11.5 Å². The zero-order chi connectivity index (χ0) is 18.9.